The number of nitrogens with zero attached hydrogens (tertiary/aromatic N) is 2. The molecule has 1 aromatic heterocycles. The van der Waals surface area contributed by atoms with Crippen molar-refractivity contribution in [2.45, 2.75) is 25.4 Å². The van der Waals surface area contributed by atoms with Crippen LogP contribution in [0.15, 0.2) is 36.7 Å². The molecule has 1 aliphatic rings. The molecule has 0 bridgehead atoms. The fourth-order valence-corrected chi connectivity index (χ4v) is 2.48. The first-order valence-corrected chi connectivity index (χ1v) is 6.77. The van der Waals surface area contributed by atoms with Gasteiger partial charge in [-0.05, 0) is 54.2 Å². The molecule has 4 heteroatoms. The number of rotatable bonds is 4. The van der Waals surface area contributed by atoms with Crippen LogP contribution in [0.1, 0.15) is 35.6 Å². The molecule has 1 fully saturated rings. The number of hydrogen-bond acceptors (Lipinski definition) is 2. The molecular formula is C16H16FN3. The minimum atomic E-state index is -0.318. The van der Waals surface area contributed by atoms with E-state index in [4.69, 9.17) is 11.0 Å². The van der Waals surface area contributed by atoms with Crippen LogP contribution in [-0.2, 0) is 6.54 Å². The van der Waals surface area contributed by atoms with Crippen LogP contribution in [0.3, 0.4) is 0 Å². The van der Waals surface area contributed by atoms with Crippen molar-refractivity contribution in [3.8, 4) is 6.07 Å². The van der Waals surface area contributed by atoms with Gasteiger partial charge in [0.25, 0.3) is 0 Å². The van der Waals surface area contributed by atoms with Crippen molar-refractivity contribution in [2.24, 2.45) is 11.7 Å². The standard InChI is InChI=1S/C16H16FN3/c17-15-4-3-12(8-18)14(7-15)10-20-6-5-13(9-20)16(19)11-1-2-11/h3-7,9,11,16H,1-2,10,19H2. The summed E-state index contributed by atoms with van der Waals surface area (Å²) in [4.78, 5) is 0. The lowest BCUT2D eigenvalue weighted by Gasteiger charge is -2.08. The Labute approximate surface area is 117 Å². The van der Waals surface area contributed by atoms with Gasteiger partial charge in [0.2, 0.25) is 0 Å². The lowest BCUT2D eigenvalue weighted by molar-refractivity contribution is 0.621. The van der Waals surface area contributed by atoms with E-state index >= 15 is 0 Å². The molecule has 2 aromatic rings. The highest BCUT2D eigenvalue weighted by Crippen LogP contribution is 2.39. The second-order valence-corrected chi connectivity index (χ2v) is 5.39. The number of benzene rings is 1. The van der Waals surface area contributed by atoms with E-state index in [1.54, 1.807) is 0 Å². The van der Waals surface area contributed by atoms with Gasteiger partial charge in [0.15, 0.2) is 0 Å². The average molecular weight is 269 g/mol. The molecule has 0 spiro atoms. The highest BCUT2D eigenvalue weighted by Gasteiger charge is 2.29. The molecule has 0 saturated heterocycles. The second-order valence-electron chi connectivity index (χ2n) is 5.39. The third kappa shape index (κ3) is 2.59. The van der Waals surface area contributed by atoms with Gasteiger partial charge in [0, 0.05) is 25.0 Å². The zero-order chi connectivity index (χ0) is 14.1. The number of aromatic nitrogens is 1. The van der Waals surface area contributed by atoms with Gasteiger partial charge in [0.05, 0.1) is 11.6 Å². The lowest BCUT2D eigenvalue weighted by Crippen LogP contribution is -2.11. The molecule has 0 amide bonds. The van der Waals surface area contributed by atoms with Gasteiger partial charge in [-0.3, -0.25) is 0 Å². The molecule has 3 nitrogen and oxygen atoms in total. The first kappa shape index (κ1) is 12.9. The van der Waals surface area contributed by atoms with Crippen molar-refractivity contribution in [1.29, 1.82) is 5.26 Å². The first-order valence-electron chi connectivity index (χ1n) is 6.77. The van der Waals surface area contributed by atoms with Gasteiger partial charge in [-0.1, -0.05) is 0 Å². The van der Waals surface area contributed by atoms with E-state index in [2.05, 4.69) is 6.07 Å². The van der Waals surface area contributed by atoms with Gasteiger partial charge in [-0.2, -0.15) is 5.26 Å². The summed E-state index contributed by atoms with van der Waals surface area (Å²) in [6.45, 7) is 0.484. The van der Waals surface area contributed by atoms with E-state index in [0.29, 0.717) is 23.6 Å². The smallest absolute Gasteiger partial charge is 0.123 e. The van der Waals surface area contributed by atoms with Crippen LogP contribution < -0.4 is 5.73 Å². The zero-order valence-corrected chi connectivity index (χ0v) is 11.1. The minimum absolute atomic E-state index is 0.0965. The molecule has 0 aliphatic heterocycles. The van der Waals surface area contributed by atoms with Crippen molar-refractivity contribution in [3.63, 3.8) is 0 Å². The Balaban J connectivity index is 1.81. The summed E-state index contributed by atoms with van der Waals surface area (Å²) in [5.41, 5.74) is 8.47. The molecular weight excluding hydrogens is 253 g/mol. The van der Waals surface area contributed by atoms with E-state index < -0.39 is 0 Å². The SMILES string of the molecule is N#Cc1ccc(F)cc1Cn1ccc(C(N)C2CC2)c1. The van der Waals surface area contributed by atoms with Crippen LogP contribution in [0.5, 0.6) is 0 Å². The molecule has 1 saturated carbocycles. The molecule has 1 atom stereocenters. The maximum absolute atomic E-state index is 13.3. The van der Waals surface area contributed by atoms with E-state index in [1.807, 2.05) is 23.0 Å². The Hall–Kier alpha value is -2.12. The minimum Gasteiger partial charge on any atom is -0.350 e. The summed E-state index contributed by atoms with van der Waals surface area (Å²) < 4.78 is 15.2. The predicted molar refractivity (Wildman–Crippen MR) is 74.3 cm³/mol. The summed E-state index contributed by atoms with van der Waals surface area (Å²) in [6, 6.07) is 8.45. The molecule has 20 heavy (non-hydrogen) atoms. The Morgan fingerprint density at radius 3 is 2.90 bits per heavy atom. The maximum Gasteiger partial charge on any atom is 0.123 e. The van der Waals surface area contributed by atoms with Crippen LogP contribution >= 0.6 is 0 Å². The first-order chi connectivity index (χ1) is 9.67. The highest BCUT2D eigenvalue weighted by atomic mass is 19.1. The van der Waals surface area contributed by atoms with Crippen molar-refractivity contribution in [3.05, 3.63) is 59.2 Å². The second kappa shape index (κ2) is 5.10. The molecule has 1 aliphatic carbocycles. The molecule has 1 heterocycles. The van der Waals surface area contributed by atoms with Crippen molar-refractivity contribution in [1.82, 2.24) is 4.57 Å². The molecule has 102 valence electrons. The molecule has 2 N–H and O–H groups in total. The largest absolute Gasteiger partial charge is 0.350 e. The van der Waals surface area contributed by atoms with Crippen LogP contribution in [0.25, 0.3) is 0 Å². The summed E-state index contributed by atoms with van der Waals surface area (Å²) in [7, 11) is 0. The van der Waals surface area contributed by atoms with E-state index in [1.165, 1.54) is 31.0 Å². The van der Waals surface area contributed by atoms with Gasteiger partial charge in [0.1, 0.15) is 5.82 Å². The number of halogens is 1. The van der Waals surface area contributed by atoms with Crippen molar-refractivity contribution in [2.75, 3.05) is 0 Å². The summed E-state index contributed by atoms with van der Waals surface area (Å²) >= 11 is 0. The molecule has 0 radical (unpaired) electrons. The predicted octanol–water partition coefficient (Wildman–Crippen LogP) is 2.96. The summed E-state index contributed by atoms with van der Waals surface area (Å²) in [5, 5.41) is 9.06. The van der Waals surface area contributed by atoms with Crippen LogP contribution in [0.2, 0.25) is 0 Å². The Bertz CT molecular complexity index is 665. The fourth-order valence-electron chi connectivity index (χ4n) is 2.48. The number of nitriles is 1. The van der Waals surface area contributed by atoms with Gasteiger partial charge in [-0.25, -0.2) is 4.39 Å². The fraction of sp³-hybridized carbons (Fsp3) is 0.312. The molecule has 1 aromatic carbocycles. The van der Waals surface area contributed by atoms with Crippen molar-refractivity contribution < 1.29 is 4.39 Å². The Morgan fingerprint density at radius 1 is 1.40 bits per heavy atom. The normalized spacial score (nSPS) is 15.8. The lowest BCUT2D eigenvalue weighted by atomic mass is 10.1. The average Bonchev–Trinajstić information content (AvgIpc) is 3.19. The topological polar surface area (TPSA) is 54.7 Å². The Kier molecular flexibility index (Phi) is 3.29. The Morgan fingerprint density at radius 2 is 2.20 bits per heavy atom. The quantitative estimate of drug-likeness (QED) is 0.927. The molecule has 3 rings (SSSR count). The van der Waals surface area contributed by atoms with Crippen LogP contribution in [0.4, 0.5) is 4.39 Å². The number of nitrogens with two attached hydrogens (primary N) is 1. The summed E-state index contributed by atoms with van der Waals surface area (Å²) in [6.07, 6.45) is 6.34. The van der Waals surface area contributed by atoms with Crippen LogP contribution in [0, 0.1) is 23.1 Å². The van der Waals surface area contributed by atoms with Crippen molar-refractivity contribution >= 4 is 0 Å². The van der Waals surface area contributed by atoms with E-state index in [-0.39, 0.29) is 11.9 Å². The molecule has 1 unspecified atom stereocenters. The number of hydrogen-bond donors (Lipinski definition) is 1. The zero-order valence-electron chi connectivity index (χ0n) is 11.1. The van der Waals surface area contributed by atoms with Gasteiger partial charge < -0.3 is 10.3 Å². The monoisotopic (exact) mass is 269 g/mol. The van der Waals surface area contributed by atoms with E-state index in [9.17, 15) is 4.39 Å². The third-order valence-corrected chi connectivity index (χ3v) is 3.83. The van der Waals surface area contributed by atoms with Gasteiger partial charge in [-0.15, -0.1) is 0 Å². The van der Waals surface area contributed by atoms with Crippen LogP contribution in [-0.4, -0.2) is 4.57 Å². The third-order valence-electron chi connectivity index (χ3n) is 3.83. The summed E-state index contributed by atoms with van der Waals surface area (Å²) in [5.74, 6) is 0.288. The maximum atomic E-state index is 13.3. The highest BCUT2D eigenvalue weighted by molar-refractivity contribution is 5.38. The van der Waals surface area contributed by atoms with E-state index in [0.717, 1.165) is 5.56 Å². The van der Waals surface area contributed by atoms with Gasteiger partial charge >= 0.3 is 0 Å².